The average Bonchev–Trinajstić information content (AvgIpc) is 2.86. The van der Waals surface area contributed by atoms with E-state index >= 15 is 0 Å². The molecular weight excluding hydrogens is 252 g/mol. The predicted molar refractivity (Wildman–Crippen MR) is 79.5 cm³/mol. The van der Waals surface area contributed by atoms with Gasteiger partial charge < -0.3 is 15.4 Å². The van der Waals surface area contributed by atoms with Crippen LogP contribution < -0.4 is 5.73 Å². The molecule has 0 bridgehead atoms. The zero-order chi connectivity index (χ0) is 14.4. The summed E-state index contributed by atoms with van der Waals surface area (Å²) in [5, 5.41) is 0. The molecule has 4 nitrogen and oxygen atoms in total. The Morgan fingerprint density at radius 3 is 2.80 bits per heavy atom. The van der Waals surface area contributed by atoms with Crippen molar-refractivity contribution in [2.75, 3.05) is 26.3 Å². The van der Waals surface area contributed by atoms with Crippen molar-refractivity contribution < 1.29 is 9.53 Å². The molecule has 1 saturated heterocycles. The molecule has 1 aliphatic heterocycles. The third-order valence-corrected chi connectivity index (χ3v) is 3.83. The van der Waals surface area contributed by atoms with E-state index in [9.17, 15) is 4.79 Å². The molecule has 1 fully saturated rings. The van der Waals surface area contributed by atoms with E-state index in [0.717, 1.165) is 13.0 Å². The standard InChI is InChI=1S/C16H24N2O2/c1-2-20-10-6-9-16(19)18-11-14(15(17)12-18)13-7-4-3-5-8-13/h3-5,7-8,14-15H,2,6,9-12,17H2,1H3/t14-,15+/m0/s1. The topological polar surface area (TPSA) is 55.6 Å². The highest BCUT2D eigenvalue weighted by molar-refractivity contribution is 5.76. The summed E-state index contributed by atoms with van der Waals surface area (Å²) in [4.78, 5) is 14.0. The number of ether oxygens (including phenoxy) is 1. The second kappa shape index (κ2) is 7.41. The van der Waals surface area contributed by atoms with Gasteiger partial charge in [0.1, 0.15) is 0 Å². The molecule has 0 aromatic heterocycles. The first kappa shape index (κ1) is 15.0. The van der Waals surface area contributed by atoms with Crippen molar-refractivity contribution in [3.8, 4) is 0 Å². The zero-order valence-electron chi connectivity index (χ0n) is 12.1. The van der Waals surface area contributed by atoms with Gasteiger partial charge in [0.05, 0.1) is 0 Å². The second-order valence-electron chi connectivity index (χ2n) is 5.28. The molecule has 1 aromatic rings. The average molecular weight is 276 g/mol. The molecule has 1 aliphatic rings. The van der Waals surface area contributed by atoms with Gasteiger partial charge in [0.15, 0.2) is 0 Å². The maximum atomic E-state index is 12.1. The molecule has 0 saturated carbocycles. The highest BCUT2D eigenvalue weighted by atomic mass is 16.5. The molecule has 2 N–H and O–H groups in total. The number of carbonyl (C=O) groups is 1. The maximum Gasteiger partial charge on any atom is 0.222 e. The maximum absolute atomic E-state index is 12.1. The number of hydrogen-bond acceptors (Lipinski definition) is 3. The number of likely N-dealkylation sites (tertiary alicyclic amines) is 1. The van der Waals surface area contributed by atoms with Gasteiger partial charge in [0, 0.05) is 44.7 Å². The van der Waals surface area contributed by atoms with Gasteiger partial charge in [-0.25, -0.2) is 0 Å². The van der Waals surface area contributed by atoms with Crippen molar-refractivity contribution in [2.24, 2.45) is 5.73 Å². The molecular formula is C16H24N2O2. The first-order chi connectivity index (χ1) is 9.72. The van der Waals surface area contributed by atoms with E-state index in [1.165, 1.54) is 5.56 Å². The van der Waals surface area contributed by atoms with Crippen LogP contribution >= 0.6 is 0 Å². The van der Waals surface area contributed by atoms with Crippen LogP contribution in [0, 0.1) is 0 Å². The van der Waals surface area contributed by atoms with Crippen LogP contribution in [0.1, 0.15) is 31.2 Å². The summed E-state index contributed by atoms with van der Waals surface area (Å²) in [5.74, 6) is 0.450. The summed E-state index contributed by atoms with van der Waals surface area (Å²) in [6.45, 7) is 4.72. The number of carbonyl (C=O) groups excluding carboxylic acids is 1. The lowest BCUT2D eigenvalue weighted by atomic mass is 9.95. The van der Waals surface area contributed by atoms with Crippen molar-refractivity contribution in [3.05, 3.63) is 35.9 Å². The third kappa shape index (κ3) is 3.81. The molecule has 2 rings (SSSR count). The SMILES string of the molecule is CCOCCCC(=O)N1C[C@@H](N)[C@H](c2ccccc2)C1. The van der Waals surface area contributed by atoms with Crippen LogP contribution in [0.4, 0.5) is 0 Å². The predicted octanol–water partition coefficient (Wildman–Crippen LogP) is 1.76. The molecule has 0 spiro atoms. The largest absolute Gasteiger partial charge is 0.382 e. The van der Waals surface area contributed by atoms with Gasteiger partial charge in [-0.05, 0) is 18.9 Å². The Kier molecular flexibility index (Phi) is 5.56. The lowest BCUT2D eigenvalue weighted by molar-refractivity contribution is -0.130. The third-order valence-electron chi connectivity index (χ3n) is 3.83. The van der Waals surface area contributed by atoms with Crippen LogP contribution in [0.2, 0.25) is 0 Å². The van der Waals surface area contributed by atoms with Gasteiger partial charge in [0.25, 0.3) is 0 Å². The molecule has 4 heteroatoms. The molecule has 1 amide bonds. The van der Waals surface area contributed by atoms with E-state index in [4.69, 9.17) is 10.5 Å². The van der Waals surface area contributed by atoms with E-state index in [0.29, 0.717) is 26.2 Å². The number of amides is 1. The normalized spacial score (nSPS) is 22.2. The van der Waals surface area contributed by atoms with Crippen LogP contribution in [-0.2, 0) is 9.53 Å². The molecule has 1 heterocycles. The fraction of sp³-hybridized carbons (Fsp3) is 0.562. The molecule has 0 unspecified atom stereocenters. The van der Waals surface area contributed by atoms with Crippen LogP contribution in [0.25, 0.3) is 0 Å². The Morgan fingerprint density at radius 2 is 2.10 bits per heavy atom. The van der Waals surface area contributed by atoms with Gasteiger partial charge in [0.2, 0.25) is 5.91 Å². The number of benzene rings is 1. The lowest BCUT2D eigenvalue weighted by Crippen LogP contribution is -2.32. The molecule has 0 aliphatic carbocycles. The van der Waals surface area contributed by atoms with Gasteiger partial charge in [-0.15, -0.1) is 0 Å². The summed E-state index contributed by atoms with van der Waals surface area (Å²) in [6, 6.07) is 10.3. The summed E-state index contributed by atoms with van der Waals surface area (Å²) in [6.07, 6.45) is 1.34. The number of hydrogen-bond donors (Lipinski definition) is 1. The van der Waals surface area contributed by atoms with Crippen molar-refractivity contribution in [1.29, 1.82) is 0 Å². The Labute approximate surface area is 120 Å². The van der Waals surface area contributed by atoms with E-state index < -0.39 is 0 Å². The summed E-state index contributed by atoms with van der Waals surface area (Å²) in [7, 11) is 0. The smallest absolute Gasteiger partial charge is 0.222 e. The van der Waals surface area contributed by atoms with Gasteiger partial charge in [-0.2, -0.15) is 0 Å². The van der Waals surface area contributed by atoms with E-state index in [-0.39, 0.29) is 17.9 Å². The van der Waals surface area contributed by atoms with Crippen LogP contribution in [-0.4, -0.2) is 43.2 Å². The van der Waals surface area contributed by atoms with E-state index in [1.54, 1.807) is 0 Å². The fourth-order valence-electron chi connectivity index (χ4n) is 2.71. The van der Waals surface area contributed by atoms with Crippen LogP contribution in [0.3, 0.4) is 0 Å². The summed E-state index contributed by atoms with van der Waals surface area (Å²) < 4.78 is 5.26. The van der Waals surface area contributed by atoms with Crippen LogP contribution in [0.15, 0.2) is 30.3 Å². The Hall–Kier alpha value is -1.39. The van der Waals surface area contributed by atoms with Crippen molar-refractivity contribution in [1.82, 2.24) is 4.90 Å². The number of rotatable bonds is 6. The highest BCUT2D eigenvalue weighted by Crippen LogP contribution is 2.26. The van der Waals surface area contributed by atoms with Gasteiger partial charge in [-0.3, -0.25) is 4.79 Å². The monoisotopic (exact) mass is 276 g/mol. The Morgan fingerprint density at radius 1 is 1.35 bits per heavy atom. The number of nitrogens with zero attached hydrogens (tertiary/aromatic N) is 1. The van der Waals surface area contributed by atoms with Crippen molar-refractivity contribution >= 4 is 5.91 Å². The number of nitrogens with two attached hydrogens (primary N) is 1. The Bertz CT molecular complexity index is 422. The molecule has 0 radical (unpaired) electrons. The minimum atomic E-state index is 0.0354. The van der Waals surface area contributed by atoms with E-state index in [1.807, 2.05) is 30.0 Å². The summed E-state index contributed by atoms with van der Waals surface area (Å²) in [5.41, 5.74) is 7.42. The van der Waals surface area contributed by atoms with Crippen LogP contribution in [0.5, 0.6) is 0 Å². The molecule has 110 valence electrons. The first-order valence-corrected chi connectivity index (χ1v) is 7.38. The first-order valence-electron chi connectivity index (χ1n) is 7.38. The molecule has 2 atom stereocenters. The van der Waals surface area contributed by atoms with Crippen molar-refractivity contribution in [2.45, 2.75) is 31.7 Å². The second-order valence-corrected chi connectivity index (χ2v) is 5.28. The lowest BCUT2D eigenvalue weighted by Gasteiger charge is -2.16. The minimum Gasteiger partial charge on any atom is -0.382 e. The quantitative estimate of drug-likeness (QED) is 0.805. The van der Waals surface area contributed by atoms with Crippen molar-refractivity contribution in [3.63, 3.8) is 0 Å². The highest BCUT2D eigenvalue weighted by Gasteiger charge is 2.33. The van der Waals surface area contributed by atoms with Gasteiger partial charge >= 0.3 is 0 Å². The van der Waals surface area contributed by atoms with Gasteiger partial charge in [-0.1, -0.05) is 30.3 Å². The van der Waals surface area contributed by atoms with E-state index in [2.05, 4.69) is 12.1 Å². The summed E-state index contributed by atoms with van der Waals surface area (Å²) >= 11 is 0. The molecule has 20 heavy (non-hydrogen) atoms. The minimum absolute atomic E-state index is 0.0354. The molecule has 1 aromatic carbocycles. The Balaban J connectivity index is 1.85. The zero-order valence-corrected chi connectivity index (χ0v) is 12.1. The fourth-order valence-corrected chi connectivity index (χ4v) is 2.71.